The van der Waals surface area contributed by atoms with Crippen molar-refractivity contribution in [3.8, 4) is 5.75 Å². The van der Waals surface area contributed by atoms with Gasteiger partial charge in [0.1, 0.15) is 18.2 Å². The first-order chi connectivity index (χ1) is 16.7. The van der Waals surface area contributed by atoms with Gasteiger partial charge >= 0.3 is 0 Å². The van der Waals surface area contributed by atoms with Crippen LogP contribution in [0.25, 0.3) is 0 Å². The Labute approximate surface area is 202 Å². The molecule has 0 aliphatic carbocycles. The Kier molecular flexibility index (Phi) is 9.08. The third kappa shape index (κ3) is 7.13. The van der Waals surface area contributed by atoms with Gasteiger partial charge in [0.05, 0.1) is 19.3 Å². The van der Waals surface area contributed by atoms with E-state index >= 15 is 0 Å². The first-order valence-electron chi connectivity index (χ1n) is 12.2. The number of rotatable bonds is 11. The third-order valence-corrected chi connectivity index (χ3v) is 6.51. The van der Waals surface area contributed by atoms with E-state index in [1.165, 1.54) is 23.3 Å². The summed E-state index contributed by atoms with van der Waals surface area (Å²) in [6.07, 6.45) is 1.68. The highest BCUT2D eigenvalue weighted by atomic mass is 19.1. The fraction of sp³-hybridized carbons (Fsp3) is 0.379. The van der Waals surface area contributed by atoms with Gasteiger partial charge in [-0.2, -0.15) is 0 Å². The van der Waals surface area contributed by atoms with Crippen LogP contribution in [0.1, 0.15) is 29.9 Å². The van der Waals surface area contributed by atoms with Crippen molar-refractivity contribution in [1.82, 2.24) is 4.90 Å². The second-order valence-electron chi connectivity index (χ2n) is 8.97. The fourth-order valence-corrected chi connectivity index (χ4v) is 4.85. The smallest absolute Gasteiger partial charge is 0.123 e. The number of piperidine rings is 1. The summed E-state index contributed by atoms with van der Waals surface area (Å²) in [5, 5.41) is 10.4. The second kappa shape index (κ2) is 12.7. The molecule has 5 heteroatoms. The van der Waals surface area contributed by atoms with Crippen LogP contribution >= 0.6 is 0 Å². The van der Waals surface area contributed by atoms with Crippen molar-refractivity contribution in [2.45, 2.75) is 24.9 Å². The molecule has 1 N–H and O–H groups in total. The molecule has 3 aromatic rings. The summed E-state index contributed by atoms with van der Waals surface area (Å²) < 4.78 is 24.0. The van der Waals surface area contributed by atoms with Gasteiger partial charge in [0.15, 0.2) is 0 Å². The maximum absolute atomic E-state index is 12.9. The van der Waals surface area contributed by atoms with Gasteiger partial charge in [0.25, 0.3) is 0 Å². The highest BCUT2D eigenvalue weighted by Gasteiger charge is 2.29. The standard InChI is InChI=1S/C29H34FNO3/c30-26-11-13-28(14-12-26)34-20-19-33-22-27(32)21-31-17-15-25(16-18-31)29(23-7-3-1-4-8-23)24-9-5-2-6-10-24/h1-14,25,27,29,32H,15-22H2/t27-/m1/s1. The molecule has 1 atom stereocenters. The molecule has 4 nitrogen and oxygen atoms in total. The second-order valence-corrected chi connectivity index (χ2v) is 8.97. The molecule has 0 bridgehead atoms. The third-order valence-electron chi connectivity index (χ3n) is 6.51. The van der Waals surface area contributed by atoms with Crippen molar-refractivity contribution in [1.29, 1.82) is 0 Å². The molecule has 0 saturated carbocycles. The molecule has 0 aromatic heterocycles. The minimum atomic E-state index is -0.526. The predicted octanol–water partition coefficient (Wildman–Crippen LogP) is 5.13. The van der Waals surface area contributed by atoms with E-state index in [-0.39, 0.29) is 12.4 Å². The number of hydrogen-bond acceptors (Lipinski definition) is 4. The first-order valence-corrected chi connectivity index (χ1v) is 12.2. The number of β-amino-alcohol motifs (C(OH)–C–C–N with tert-alkyl or cyclic N) is 1. The highest BCUT2D eigenvalue weighted by Crippen LogP contribution is 2.37. The fourth-order valence-electron chi connectivity index (χ4n) is 4.85. The number of hydrogen-bond donors (Lipinski definition) is 1. The summed E-state index contributed by atoms with van der Waals surface area (Å²) >= 11 is 0. The van der Waals surface area contributed by atoms with Crippen LogP contribution in [0.4, 0.5) is 4.39 Å². The van der Waals surface area contributed by atoms with E-state index in [1.807, 2.05) is 0 Å². The Morgan fingerprint density at radius 3 is 2.00 bits per heavy atom. The molecule has 4 rings (SSSR count). The lowest BCUT2D eigenvalue weighted by atomic mass is 9.76. The van der Waals surface area contributed by atoms with Crippen molar-refractivity contribution in [3.05, 3.63) is 102 Å². The summed E-state index contributed by atoms with van der Waals surface area (Å²) in [5.41, 5.74) is 2.76. The topological polar surface area (TPSA) is 41.9 Å². The largest absolute Gasteiger partial charge is 0.491 e. The number of benzene rings is 3. The van der Waals surface area contributed by atoms with Crippen LogP contribution in [0.15, 0.2) is 84.9 Å². The number of aliphatic hydroxyl groups is 1. The van der Waals surface area contributed by atoms with E-state index in [4.69, 9.17) is 9.47 Å². The van der Waals surface area contributed by atoms with Crippen molar-refractivity contribution in [2.24, 2.45) is 5.92 Å². The van der Waals surface area contributed by atoms with Gasteiger partial charge in [-0.25, -0.2) is 4.39 Å². The molecule has 1 aliphatic heterocycles. The summed E-state index contributed by atoms with van der Waals surface area (Å²) in [7, 11) is 0. The zero-order valence-corrected chi connectivity index (χ0v) is 19.6. The zero-order valence-electron chi connectivity index (χ0n) is 19.6. The van der Waals surface area contributed by atoms with Gasteiger partial charge < -0.3 is 19.5 Å². The molecule has 1 fully saturated rings. The molecule has 1 heterocycles. The van der Waals surface area contributed by atoms with Gasteiger partial charge in [-0.1, -0.05) is 60.7 Å². The van der Waals surface area contributed by atoms with Crippen LogP contribution < -0.4 is 4.74 Å². The van der Waals surface area contributed by atoms with Crippen LogP contribution in [-0.2, 0) is 4.74 Å². The Bertz CT molecular complexity index is 920. The number of likely N-dealkylation sites (tertiary alicyclic amines) is 1. The first kappa shape index (κ1) is 24.4. The van der Waals surface area contributed by atoms with Crippen LogP contribution in [0.2, 0.25) is 0 Å². The molecular weight excluding hydrogens is 429 g/mol. The van der Waals surface area contributed by atoms with Gasteiger partial charge in [-0.05, 0) is 67.2 Å². The quantitative estimate of drug-likeness (QED) is 0.401. The van der Waals surface area contributed by atoms with Crippen molar-refractivity contribution in [2.75, 3.05) is 39.5 Å². The van der Waals surface area contributed by atoms with Crippen molar-refractivity contribution < 1.29 is 19.0 Å². The van der Waals surface area contributed by atoms with Gasteiger partial charge in [-0.3, -0.25) is 0 Å². The van der Waals surface area contributed by atoms with Gasteiger partial charge in [-0.15, -0.1) is 0 Å². The maximum atomic E-state index is 12.9. The van der Waals surface area contributed by atoms with Crippen LogP contribution in [0, 0.1) is 11.7 Å². The lowest BCUT2D eigenvalue weighted by molar-refractivity contribution is 0.00248. The van der Waals surface area contributed by atoms with E-state index < -0.39 is 6.10 Å². The highest BCUT2D eigenvalue weighted by molar-refractivity contribution is 5.33. The number of halogens is 1. The molecule has 34 heavy (non-hydrogen) atoms. The van der Waals surface area contributed by atoms with Crippen LogP contribution in [0.5, 0.6) is 5.75 Å². The van der Waals surface area contributed by atoms with E-state index in [9.17, 15) is 9.50 Å². The Morgan fingerprint density at radius 2 is 1.41 bits per heavy atom. The minimum absolute atomic E-state index is 0.281. The molecule has 0 radical (unpaired) electrons. The summed E-state index contributed by atoms with van der Waals surface area (Å²) in [4.78, 5) is 2.34. The lowest BCUT2D eigenvalue weighted by Crippen LogP contribution is -2.41. The van der Waals surface area contributed by atoms with E-state index in [1.54, 1.807) is 12.1 Å². The summed E-state index contributed by atoms with van der Waals surface area (Å²) in [6, 6.07) is 27.5. The number of nitrogens with zero attached hydrogens (tertiary/aromatic N) is 1. The Hall–Kier alpha value is -2.73. The predicted molar refractivity (Wildman–Crippen MR) is 133 cm³/mol. The zero-order chi connectivity index (χ0) is 23.6. The van der Waals surface area contributed by atoms with Gasteiger partial charge in [0, 0.05) is 12.5 Å². The molecule has 1 aliphatic rings. The minimum Gasteiger partial charge on any atom is -0.491 e. The lowest BCUT2D eigenvalue weighted by Gasteiger charge is -2.37. The number of aliphatic hydroxyl groups excluding tert-OH is 1. The molecular formula is C29H34FNO3. The van der Waals surface area contributed by atoms with Crippen LogP contribution in [-0.4, -0.2) is 55.6 Å². The monoisotopic (exact) mass is 463 g/mol. The average Bonchev–Trinajstić information content (AvgIpc) is 2.87. The van der Waals surface area contributed by atoms with Crippen molar-refractivity contribution >= 4 is 0 Å². The summed E-state index contributed by atoms with van der Waals surface area (Å²) in [6.45, 7) is 3.60. The normalized spacial score (nSPS) is 16.0. The Morgan fingerprint density at radius 1 is 0.824 bits per heavy atom. The van der Waals surface area contributed by atoms with Crippen LogP contribution in [0.3, 0.4) is 0 Å². The van der Waals surface area contributed by atoms with Gasteiger partial charge in [0.2, 0.25) is 0 Å². The van der Waals surface area contributed by atoms with Crippen molar-refractivity contribution in [3.63, 3.8) is 0 Å². The Balaban J connectivity index is 1.19. The maximum Gasteiger partial charge on any atom is 0.123 e. The molecule has 1 saturated heterocycles. The average molecular weight is 464 g/mol. The van der Waals surface area contributed by atoms with E-state index in [0.717, 1.165) is 25.9 Å². The molecule has 3 aromatic carbocycles. The summed E-state index contributed by atoms with van der Waals surface area (Å²) in [5.74, 6) is 1.31. The SMILES string of the molecule is O[C@@H](COCCOc1ccc(F)cc1)CN1CCC(C(c2ccccc2)c2ccccc2)CC1. The number of ether oxygens (including phenoxy) is 2. The molecule has 0 spiro atoms. The van der Waals surface area contributed by atoms with E-state index in [0.29, 0.717) is 37.3 Å². The molecule has 0 amide bonds. The molecule has 0 unspecified atom stereocenters. The van der Waals surface area contributed by atoms with E-state index in [2.05, 4.69) is 65.6 Å². The molecule has 180 valence electrons.